The first-order chi connectivity index (χ1) is 17.1. The van der Waals surface area contributed by atoms with Crippen LogP contribution in [0.2, 0.25) is 0 Å². The summed E-state index contributed by atoms with van der Waals surface area (Å²) in [6, 6.07) is 17.1. The van der Waals surface area contributed by atoms with E-state index in [-0.39, 0.29) is 18.4 Å². The van der Waals surface area contributed by atoms with E-state index in [0.717, 1.165) is 43.7 Å². The first-order valence-electron chi connectivity index (χ1n) is 11.3. The molecule has 0 aromatic heterocycles. The van der Waals surface area contributed by atoms with E-state index < -0.39 is 0 Å². The highest BCUT2D eigenvalue weighted by molar-refractivity contribution is 9.10. The number of aryl methyl sites for hydroxylation is 4. The molecule has 3 aromatic rings. The molecule has 0 unspecified atom stereocenters. The van der Waals surface area contributed by atoms with E-state index in [1.54, 1.807) is 23.1 Å². The Morgan fingerprint density at radius 3 is 2.44 bits per heavy atom. The molecule has 0 atom stereocenters. The lowest BCUT2D eigenvalue weighted by atomic mass is 10.1. The van der Waals surface area contributed by atoms with Crippen molar-refractivity contribution in [1.82, 2.24) is 0 Å². The van der Waals surface area contributed by atoms with Crippen LogP contribution in [0.5, 0.6) is 5.75 Å². The largest absolute Gasteiger partial charge is 0.484 e. The number of ether oxygens (including phenoxy) is 1. The van der Waals surface area contributed by atoms with Gasteiger partial charge < -0.3 is 10.1 Å². The molecule has 0 bridgehead atoms. The van der Waals surface area contributed by atoms with Crippen molar-refractivity contribution in [3.05, 3.63) is 91.8 Å². The van der Waals surface area contributed by atoms with Crippen LogP contribution in [-0.2, 0) is 9.59 Å². The molecule has 1 aliphatic heterocycles. The van der Waals surface area contributed by atoms with Gasteiger partial charge in [0.25, 0.3) is 11.8 Å². The maximum absolute atomic E-state index is 13.1. The summed E-state index contributed by atoms with van der Waals surface area (Å²) in [6.07, 6.45) is 1.79. The lowest BCUT2D eigenvalue weighted by Gasteiger charge is -2.15. The minimum atomic E-state index is -0.247. The van der Waals surface area contributed by atoms with E-state index >= 15 is 0 Å². The van der Waals surface area contributed by atoms with Gasteiger partial charge in [0, 0.05) is 10.2 Å². The van der Waals surface area contributed by atoms with Crippen molar-refractivity contribution in [3.8, 4) is 5.75 Å². The number of hydrogen-bond donors (Lipinski definition) is 1. The highest BCUT2D eigenvalue weighted by atomic mass is 79.9. The summed E-state index contributed by atoms with van der Waals surface area (Å²) in [6.45, 7) is 7.80. The van der Waals surface area contributed by atoms with E-state index in [2.05, 4.69) is 21.2 Å². The molecule has 4 rings (SSSR count). The lowest BCUT2D eigenvalue weighted by Crippen LogP contribution is -2.27. The highest BCUT2D eigenvalue weighted by Crippen LogP contribution is 2.37. The van der Waals surface area contributed by atoms with E-state index in [0.29, 0.717) is 15.0 Å². The molecule has 184 valence electrons. The van der Waals surface area contributed by atoms with Crippen molar-refractivity contribution in [3.63, 3.8) is 0 Å². The number of carbonyl (C=O) groups excluding carboxylic acids is 2. The quantitative estimate of drug-likeness (QED) is 0.249. The van der Waals surface area contributed by atoms with Crippen molar-refractivity contribution in [2.75, 3.05) is 16.8 Å². The number of thiocarbonyl (C=S) groups is 1. The number of thioether (sulfide) groups is 1. The van der Waals surface area contributed by atoms with E-state index in [1.807, 2.05) is 70.2 Å². The minimum absolute atomic E-state index is 0.132. The zero-order valence-corrected chi connectivity index (χ0v) is 23.6. The Hall–Kier alpha value is -2.94. The third-order valence-electron chi connectivity index (χ3n) is 5.83. The van der Waals surface area contributed by atoms with E-state index in [1.165, 1.54) is 11.8 Å². The van der Waals surface area contributed by atoms with Gasteiger partial charge in [-0.05, 0) is 98.0 Å². The number of anilines is 2. The standard InChI is InChI=1S/C28H25BrN2O3S2/c1-16-8-9-22(12-17(16)2)31-27(33)24(36-28(31)35)14-20-6-5-7-23(13-20)34-15-25(32)30-26-18(3)10-21(29)11-19(26)4/h5-14H,15H2,1-4H3,(H,30,32)/b24-14-. The summed E-state index contributed by atoms with van der Waals surface area (Å²) in [5, 5.41) is 2.92. The maximum Gasteiger partial charge on any atom is 0.270 e. The second-order valence-electron chi connectivity index (χ2n) is 8.61. The van der Waals surface area contributed by atoms with Crippen LogP contribution in [-0.4, -0.2) is 22.7 Å². The van der Waals surface area contributed by atoms with E-state index in [4.69, 9.17) is 17.0 Å². The van der Waals surface area contributed by atoms with Crippen molar-refractivity contribution in [1.29, 1.82) is 0 Å². The van der Waals surface area contributed by atoms with Crippen molar-refractivity contribution >= 4 is 73.5 Å². The first-order valence-corrected chi connectivity index (χ1v) is 13.3. The van der Waals surface area contributed by atoms with Gasteiger partial charge in [0.2, 0.25) is 0 Å². The molecule has 1 N–H and O–H groups in total. The van der Waals surface area contributed by atoms with Crippen LogP contribution in [0.4, 0.5) is 11.4 Å². The molecule has 3 aromatic carbocycles. The maximum atomic E-state index is 13.1. The molecule has 1 saturated heterocycles. The SMILES string of the molecule is Cc1ccc(N2C(=O)/C(=C/c3cccc(OCC(=O)Nc4c(C)cc(Br)cc4C)c3)SC2=S)cc1C. The zero-order chi connectivity index (χ0) is 26.0. The van der Waals surface area contributed by atoms with Gasteiger partial charge in [0.15, 0.2) is 10.9 Å². The number of halogens is 1. The third kappa shape index (κ3) is 5.88. The Kier molecular flexibility index (Phi) is 7.97. The highest BCUT2D eigenvalue weighted by Gasteiger charge is 2.33. The molecule has 8 heteroatoms. The summed E-state index contributed by atoms with van der Waals surface area (Å²) >= 11 is 10.2. The second kappa shape index (κ2) is 11.0. The van der Waals surface area contributed by atoms with E-state index in [9.17, 15) is 9.59 Å². The van der Waals surface area contributed by atoms with Gasteiger partial charge in [-0.25, -0.2) is 0 Å². The van der Waals surface area contributed by atoms with Gasteiger partial charge in [0.05, 0.1) is 10.6 Å². The summed E-state index contributed by atoms with van der Waals surface area (Å²) in [5.41, 5.74) is 6.53. The van der Waals surface area contributed by atoms with Crippen molar-refractivity contribution in [2.24, 2.45) is 0 Å². The van der Waals surface area contributed by atoms with Crippen LogP contribution in [0.15, 0.2) is 64.0 Å². The smallest absolute Gasteiger partial charge is 0.270 e. The average Bonchev–Trinajstić information content (AvgIpc) is 3.09. The fraction of sp³-hybridized carbons (Fsp3) is 0.179. The van der Waals surface area contributed by atoms with Gasteiger partial charge in [-0.3, -0.25) is 14.5 Å². The van der Waals surface area contributed by atoms with Crippen LogP contribution < -0.4 is 15.0 Å². The number of nitrogens with one attached hydrogen (secondary N) is 1. The van der Waals surface area contributed by atoms with Gasteiger partial charge in [-0.15, -0.1) is 0 Å². The Morgan fingerprint density at radius 2 is 1.75 bits per heavy atom. The third-order valence-corrected chi connectivity index (χ3v) is 7.59. The second-order valence-corrected chi connectivity index (χ2v) is 11.2. The van der Waals surface area contributed by atoms with Gasteiger partial charge in [-0.1, -0.05) is 58.1 Å². The average molecular weight is 582 g/mol. The predicted octanol–water partition coefficient (Wildman–Crippen LogP) is 7.11. The molecule has 5 nitrogen and oxygen atoms in total. The topological polar surface area (TPSA) is 58.6 Å². The number of hydrogen-bond acceptors (Lipinski definition) is 5. The Morgan fingerprint density at radius 1 is 1.03 bits per heavy atom. The minimum Gasteiger partial charge on any atom is -0.484 e. The molecular formula is C28H25BrN2O3S2. The van der Waals surface area contributed by atoms with Crippen molar-refractivity contribution in [2.45, 2.75) is 27.7 Å². The normalized spacial score (nSPS) is 14.5. The number of carbonyl (C=O) groups is 2. The molecule has 1 fully saturated rings. The van der Waals surface area contributed by atoms with Gasteiger partial charge >= 0.3 is 0 Å². The zero-order valence-electron chi connectivity index (χ0n) is 20.3. The summed E-state index contributed by atoms with van der Waals surface area (Å²) < 4.78 is 7.20. The Balaban J connectivity index is 1.44. The van der Waals surface area contributed by atoms with Crippen LogP contribution in [0.25, 0.3) is 6.08 Å². The van der Waals surface area contributed by atoms with Crippen LogP contribution in [0.1, 0.15) is 27.8 Å². The molecule has 0 aliphatic carbocycles. The van der Waals surface area contributed by atoms with Crippen molar-refractivity contribution < 1.29 is 14.3 Å². The number of rotatable bonds is 6. The van der Waals surface area contributed by atoms with Crippen LogP contribution >= 0.6 is 39.9 Å². The summed E-state index contributed by atoms with van der Waals surface area (Å²) in [7, 11) is 0. The lowest BCUT2D eigenvalue weighted by molar-refractivity contribution is -0.118. The molecule has 1 aliphatic rings. The number of amides is 2. The molecule has 0 saturated carbocycles. The number of nitrogens with zero attached hydrogens (tertiary/aromatic N) is 1. The Bertz CT molecular complexity index is 1390. The number of benzene rings is 3. The molecule has 36 heavy (non-hydrogen) atoms. The van der Waals surface area contributed by atoms with Gasteiger partial charge in [-0.2, -0.15) is 0 Å². The molecule has 1 heterocycles. The fourth-order valence-electron chi connectivity index (χ4n) is 3.83. The first kappa shape index (κ1) is 26.1. The van der Waals surface area contributed by atoms with Crippen LogP contribution in [0, 0.1) is 27.7 Å². The Labute approximate surface area is 229 Å². The fourth-order valence-corrected chi connectivity index (χ4v) is 5.82. The monoisotopic (exact) mass is 580 g/mol. The molecular weight excluding hydrogens is 556 g/mol. The summed E-state index contributed by atoms with van der Waals surface area (Å²) in [4.78, 5) is 27.7. The van der Waals surface area contributed by atoms with Gasteiger partial charge in [0.1, 0.15) is 5.75 Å². The molecule has 0 spiro atoms. The predicted molar refractivity (Wildman–Crippen MR) is 156 cm³/mol. The molecule has 2 amide bonds. The van der Waals surface area contributed by atoms with Crippen LogP contribution in [0.3, 0.4) is 0 Å². The summed E-state index contributed by atoms with van der Waals surface area (Å²) in [5.74, 6) is 0.134. The molecule has 0 radical (unpaired) electrons.